The fourth-order valence-corrected chi connectivity index (χ4v) is 0.816. The van der Waals surface area contributed by atoms with E-state index in [1.165, 1.54) is 5.82 Å². The van der Waals surface area contributed by atoms with E-state index in [2.05, 4.69) is 36.7 Å². The molecule has 0 aliphatic rings. The van der Waals surface area contributed by atoms with E-state index in [0.717, 1.165) is 0 Å². The van der Waals surface area contributed by atoms with Gasteiger partial charge in [-0.2, -0.15) is 5.21 Å². The minimum atomic E-state index is 0.120. The SMILES string of the molecule is Cc1n(C)cc[n+]1C.Nc1nnn[n-]1. The van der Waals surface area contributed by atoms with E-state index >= 15 is 0 Å². The zero-order valence-electron chi connectivity index (χ0n) is 8.42. The van der Waals surface area contributed by atoms with Crippen LogP contribution in [-0.4, -0.2) is 20.1 Å². The first-order valence-electron chi connectivity index (χ1n) is 4.03. The number of rotatable bonds is 0. The third-order valence-electron chi connectivity index (χ3n) is 1.87. The molecule has 0 saturated heterocycles. The highest BCUT2D eigenvalue weighted by Crippen LogP contribution is 1.84. The van der Waals surface area contributed by atoms with Crippen molar-refractivity contribution in [3.05, 3.63) is 18.2 Å². The molecular formula is C7H13N7. The number of nitrogens with zero attached hydrogens (tertiary/aromatic N) is 6. The van der Waals surface area contributed by atoms with Crippen LogP contribution in [0.2, 0.25) is 0 Å². The molecule has 0 aliphatic heterocycles. The molecule has 0 aromatic carbocycles. The molecular weight excluding hydrogens is 182 g/mol. The molecule has 2 N–H and O–H groups in total. The summed E-state index contributed by atoms with van der Waals surface area (Å²) in [7, 11) is 4.07. The summed E-state index contributed by atoms with van der Waals surface area (Å²) in [5.41, 5.74) is 4.93. The number of aryl methyl sites for hydroxylation is 2. The van der Waals surface area contributed by atoms with Crippen molar-refractivity contribution < 1.29 is 4.57 Å². The van der Waals surface area contributed by atoms with Crippen LogP contribution in [0.3, 0.4) is 0 Å². The van der Waals surface area contributed by atoms with Crippen molar-refractivity contribution in [1.82, 2.24) is 25.2 Å². The summed E-state index contributed by atoms with van der Waals surface area (Å²) in [6.45, 7) is 2.08. The van der Waals surface area contributed by atoms with Gasteiger partial charge in [0.25, 0.3) is 5.82 Å². The largest absolute Gasteiger partial charge is 0.430 e. The van der Waals surface area contributed by atoms with Crippen LogP contribution in [0.25, 0.3) is 0 Å². The summed E-state index contributed by atoms with van der Waals surface area (Å²) in [5.74, 6) is 1.39. The number of imidazole rings is 1. The molecule has 76 valence electrons. The van der Waals surface area contributed by atoms with Gasteiger partial charge in [0, 0.05) is 6.92 Å². The normalized spacial score (nSPS) is 9.36. The van der Waals surface area contributed by atoms with Gasteiger partial charge in [-0.15, -0.1) is 5.21 Å². The third-order valence-corrected chi connectivity index (χ3v) is 1.87. The van der Waals surface area contributed by atoms with Crippen LogP contribution in [0, 0.1) is 6.92 Å². The zero-order chi connectivity index (χ0) is 10.6. The molecule has 7 nitrogen and oxygen atoms in total. The molecule has 0 atom stereocenters. The predicted molar refractivity (Wildman–Crippen MR) is 48.9 cm³/mol. The molecule has 0 radical (unpaired) electrons. The predicted octanol–water partition coefficient (Wildman–Crippen LogP) is -1.43. The quantitative estimate of drug-likeness (QED) is 0.521. The summed E-state index contributed by atoms with van der Waals surface area (Å²) in [4.78, 5) is 0. The second-order valence-electron chi connectivity index (χ2n) is 2.80. The van der Waals surface area contributed by atoms with Crippen LogP contribution in [0.4, 0.5) is 5.95 Å². The second kappa shape index (κ2) is 4.35. The van der Waals surface area contributed by atoms with Gasteiger partial charge in [-0.05, 0) is 0 Å². The van der Waals surface area contributed by atoms with E-state index in [0.29, 0.717) is 0 Å². The lowest BCUT2D eigenvalue weighted by Crippen LogP contribution is -2.29. The Kier molecular flexibility index (Phi) is 3.16. The Bertz CT molecular complexity index is 355. The lowest BCUT2D eigenvalue weighted by atomic mass is 10.7. The van der Waals surface area contributed by atoms with Crippen molar-refractivity contribution in [3.63, 3.8) is 0 Å². The molecule has 0 bridgehead atoms. The number of hydrogen-bond donors (Lipinski definition) is 1. The molecule has 14 heavy (non-hydrogen) atoms. The number of nitrogens with two attached hydrogens (primary N) is 1. The highest BCUT2D eigenvalue weighted by atomic mass is 15.5. The first-order chi connectivity index (χ1) is 6.61. The van der Waals surface area contributed by atoms with E-state index in [9.17, 15) is 0 Å². The average Bonchev–Trinajstić information content (AvgIpc) is 2.73. The lowest BCUT2D eigenvalue weighted by molar-refractivity contribution is -0.677. The van der Waals surface area contributed by atoms with E-state index < -0.39 is 0 Å². The van der Waals surface area contributed by atoms with Crippen LogP contribution < -0.4 is 15.4 Å². The van der Waals surface area contributed by atoms with Gasteiger partial charge >= 0.3 is 0 Å². The van der Waals surface area contributed by atoms with Gasteiger partial charge in [-0.1, -0.05) is 0 Å². The van der Waals surface area contributed by atoms with E-state index in [1.807, 2.05) is 26.5 Å². The van der Waals surface area contributed by atoms with Crippen molar-refractivity contribution >= 4 is 5.95 Å². The van der Waals surface area contributed by atoms with Crippen molar-refractivity contribution in [2.45, 2.75) is 6.92 Å². The summed E-state index contributed by atoms with van der Waals surface area (Å²) in [6.07, 6.45) is 4.07. The number of anilines is 1. The molecule has 0 spiro atoms. The zero-order valence-corrected chi connectivity index (χ0v) is 8.42. The maximum absolute atomic E-state index is 4.93. The summed E-state index contributed by atoms with van der Waals surface area (Å²) >= 11 is 0. The Morgan fingerprint density at radius 3 is 2.43 bits per heavy atom. The van der Waals surface area contributed by atoms with Crippen molar-refractivity contribution in [3.8, 4) is 0 Å². The number of aromatic nitrogens is 6. The fraction of sp³-hybridized carbons (Fsp3) is 0.429. The van der Waals surface area contributed by atoms with Crippen molar-refractivity contribution in [2.75, 3.05) is 5.73 Å². The Morgan fingerprint density at radius 1 is 1.57 bits per heavy atom. The van der Waals surface area contributed by atoms with E-state index in [-0.39, 0.29) is 5.95 Å². The molecule has 2 rings (SSSR count). The summed E-state index contributed by atoms with van der Waals surface area (Å²) < 4.78 is 4.17. The number of hydrogen-bond acceptors (Lipinski definition) is 4. The highest BCUT2D eigenvalue weighted by molar-refractivity contribution is 5.04. The monoisotopic (exact) mass is 195 g/mol. The van der Waals surface area contributed by atoms with Crippen LogP contribution in [0.1, 0.15) is 5.82 Å². The molecule has 0 fully saturated rings. The van der Waals surface area contributed by atoms with E-state index in [1.54, 1.807) is 0 Å². The average molecular weight is 195 g/mol. The standard InChI is InChI=1S/C6H11N2.CH2N5/c1-6-7(2)4-5-8(6)3;2-1-3-5-6-4-1/h4-5H,1-3H3;(H2-,2,3,4,5,6)/q+1;-1. The molecule has 0 aliphatic carbocycles. The minimum Gasteiger partial charge on any atom is -0.430 e. The summed E-state index contributed by atoms with van der Waals surface area (Å²) in [6, 6.07) is 0. The van der Waals surface area contributed by atoms with Gasteiger partial charge in [0.05, 0.1) is 20.0 Å². The molecule has 2 aromatic rings. The van der Waals surface area contributed by atoms with E-state index in [4.69, 9.17) is 5.73 Å². The van der Waals surface area contributed by atoms with Gasteiger partial charge in [-0.25, -0.2) is 14.2 Å². The minimum absolute atomic E-state index is 0.120. The van der Waals surface area contributed by atoms with Crippen LogP contribution >= 0.6 is 0 Å². The molecule has 2 heterocycles. The molecule has 2 aromatic heterocycles. The second-order valence-corrected chi connectivity index (χ2v) is 2.80. The molecule has 0 unspecified atom stereocenters. The Labute approximate surface area is 81.6 Å². The summed E-state index contributed by atoms with van der Waals surface area (Å²) in [5, 5.41) is 12.6. The van der Waals surface area contributed by atoms with Crippen LogP contribution in [0.15, 0.2) is 12.4 Å². The van der Waals surface area contributed by atoms with Crippen LogP contribution in [-0.2, 0) is 14.1 Å². The number of nitrogen functional groups attached to an aromatic ring is 1. The Balaban J connectivity index is 0.000000146. The third kappa shape index (κ3) is 2.54. The van der Waals surface area contributed by atoms with Gasteiger partial charge in [0.1, 0.15) is 12.4 Å². The molecule has 7 heteroatoms. The maximum atomic E-state index is 4.93. The van der Waals surface area contributed by atoms with Crippen molar-refractivity contribution in [1.29, 1.82) is 0 Å². The molecule has 0 saturated carbocycles. The fourth-order valence-electron chi connectivity index (χ4n) is 0.816. The lowest BCUT2D eigenvalue weighted by Gasteiger charge is -1.84. The van der Waals surface area contributed by atoms with Gasteiger partial charge in [0.2, 0.25) is 0 Å². The maximum Gasteiger partial charge on any atom is 0.252 e. The Hall–Kier alpha value is -1.92. The van der Waals surface area contributed by atoms with Crippen molar-refractivity contribution in [2.24, 2.45) is 14.1 Å². The topological polar surface area (TPSA) is 87.6 Å². The van der Waals surface area contributed by atoms with Crippen LogP contribution in [0.5, 0.6) is 0 Å². The Morgan fingerprint density at radius 2 is 2.29 bits per heavy atom. The van der Waals surface area contributed by atoms with Gasteiger partial charge in [-0.3, -0.25) is 5.10 Å². The first kappa shape index (κ1) is 10.2. The van der Waals surface area contributed by atoms with Gasteiger partial charge < -0.3 is 5.73 Å². The molecule has 0 amide bonds. The van der Waals surface area contributed by atoms with Gasteiger partial charge in [0.15, 0.2) is 0 Å². The number of tetrazole rings is 1. The smallest absolute Gasteiger partial charge is 0.252 e. The highest BCUT2D eigenvalue weighted by Gasteiger charge is 2.00. The first-order valence-corrected chi connectivity index (χ1v) is 4.03.